The molecule has 11 N–H and O–H groups in total. The Bertz CT molecular complexity index is 1120. The van der Waals surface area contributed by atoms with Gasteiger partial charge in [-0.2, -0.15) is 0 Å². The van der Waals surface area contributed by atoms with Gasteiger partial charge in [-0.1, -0.05) is 32.0 Å². The number of para-hydroxylation sites is 1. The Hall–Kier alpha value is -3.48. The van der Waals surface area contributed by atoms with Crippen molar-refractivity contribution >= 4 is 34.6 Å². The highest BCUT2D eigenvalue weighted by atomic mass is 16.4. The van der Waals surface area contributed by atoms with Crippen LogP contribution in [0.2, 0.25) is 0 Å². The van der Waals surface area contributed by atoms with Crippen LogP contribution >= 0.6 is 0 Å². The second kappa shape index (κ2) is 16.6. The second-order valence-corrected chi connectivity index (χ2v) is 10.4. The van der Waals surface area contributed by atoms with Crippen LogP contribution in [-0.4, -0.2) is 71.0 Å². The Morgan fingerprint density at radius 2 is 1.40 bits per heavy atom. The molecule has 222 valence electrons. The van der Waals surface area contributed by atoms with E-state index < -0.39 is 47.9 Å². The zero-order valence-corrected chi connectivity index (χ0v) is 23.4. The predicted molar refractivity (Wildman–Crippen MR) is 154 cm³/mol. The zero-order chi connectivity index (χ0) is 29.7. The Labute approximate surface area is 235 Å². The first kappa shape index (κ1) is 32.7. The standard InChI is InChI=1S/C28H45N7O5/c1-17(2)24(28(39)40)35-27(38)23(12-6-8-14-30)34-26(37)22(11-5-7-13-29)33-25(36)20(31)15-18-16-32-21-10-4-3-9-19(18)21/h3-4,9-10,16-17,20,22-24,32H,5-8,11-15,29-31H2,1-2H3,(H,33,36)(H,34,37)(H,35,38)(H,39,40). The number of carbonyl (C=O) groups is 4. The van der Waals surface area contributed by atoms with Gasteiger partial charge in [-0.3, -0.25) is 14.4 Å². The number of rotatable bonds is 18. The molecule has 0 bridgehead atoms. The van der Waals surface area contributed by atoms with Crippen molar-refractivity contribution in [2.45, 2.75) is 83.0 Å². The lowest BCUT2D eigenvalue weighted by atomic mass is 10.0. The van der Waals surface area contributed by atoms with E-state index in [0.29, 0.717) is 45.2 Å². The quantitative estimate of drug-likeness (QED) is 0.120. The van der Waals surface area contributed by atoms with Crippen molar-refractivity contribution in [3.63, 3.8) is 0 Å². The Balaban J connectivity index is 2.14. The third kappa shape index (κ3) is 9.92. The lowest BCUT2D eigenvalue weighted by molar-refractivity contribution is -0.143. The van der Waals surface area contributed by atoms with Crippen molar-refractivity contribution in [3.05, 3.63) is 36.0 Å². The normalized spacial score (nSPS) is 14.3. The smallest absolute Gasteiger partial charge is 0.326 e. The summed E-state index contributed by atoms with van der Waals surface area (Å²) < 4.78 is 0. The zero-order valence-electron chi connectivity index (χ0n) is 23.4. The predicted octanol–water partition coefficient (Wildman–Crippen LogP) is 0.491. The monoisotopic (exact) mass is 559 g/mol. The number of benzene rings is 1. The molecule has 0 aliphatic heterocycles. The largest absolute Gasteiger partial charge is 0.480 e. The van der Waals surface area contributed by atoms with E-state index in [1.165, 1.54) is 0 Å². The molecule has 0 aliphatic carbocycles. The fourth-order valence-electron chi connectivity index (χ4n) is 4.47. The van der Waals surface area contributed by atoms with E-state index >= 15 is 0 Å². The SMILES string of the molecule is CC(C)C(NC(=O)C(CCCCN)NC(=O)C(CCCCN)NC(=O)C(N)Cc1c[nH]c2ccccc12)C(=O)O. The van der Waals surface area contributed by atoms with E-state index in [4.69, 9.17) is 17.2 Å². The summed E-state index contributed by atoms with van der Waals surface area (Å²) in [6.45, 7) is 4.21. The van der Waals surface area contributed by atoms with Gasteiger partial charge in [0.25, 0.3) is 0 Å². The molecule has 4 unspecified atom stereocenters. The van der Waals surface area contributed by atoms with Crippen LogP contribution in [0.1, 0.15) is 57.9 Å². The maximum atomic E-state index is 13.4. The number of amides is 3. The van der Waals surface area contributed by atoms with Crippen LogP contribution in [-0.2, 0) is 25.6 Å². The molecular formula is C28H45N7O5. The molecule has 4 atom stereocenters. The van der Waals surface area contributed by atoms with Crippen LogP contribution in [0.3, 0.4) is 0 Å². The van der Waals surface area contributed by atoms with E-state index in [9.17, 15) is 24.3 Å². The summed E-state index contributed by atoms with van der Waals surface area (Å²) in [4.78, 5) is 54.3. The maximum Gasteiger partial charge on any atom is 0.326 e. The summed E-state index contributed by atoms with van der Waals surface area (Å²) in [6, 6.07) is 3.74. The first-order valence-corrected chi connectivity index (χ1v) is 13.9. The molecule has 2 rings (SSSR count). The number of aromatic nitrogens is 1. The highest BCUT2D eigenvalue weighted by molar-refractivity contribution is 5.94. The molecule has 12 nitrogen and oxygen atoms in total. The van der Waals surface area contributed by atoms with Gasteiger partial charge in [-0.05, 0) is 75.6 Å². The number of carboxylic acids is 1. The molecule has 1 aromatic carbocycles. The van der Waals surface area contributed by atoms with Crippen molar-refractivity contribution in [2.75, 3.05) is 13.1 Å². The van der Waals surface area contributed by atoms with E-state index in [2.05, 4.69) is 20.9 Å². The van der Waals surface area contributed by atoms with E-state index in [1.807, 2.05) is 30.5 Å². The van der Waals surface area contributed by atoms with Crippen LogP contribution in [0.15, 0.2) is 30.5 Å². The van der Waals surface area contributed by atoms with Crippen molar-refractivity contribution in [3.8, 4) is 0 Å². The molecule has 2 aromatic rings. The van der Waals surface area contributed by atoms with Crippen LogP contribution in [0.25, 0.3) is 10.9 Å². The topological polar surface area (TPSA) is 218 Å². The van der Waals surface area contributed by atoms with Crippen LogP contribution in [0, 0.1) is 5.92 Å². The fraction of sp³-hybridized carbons (Fsp3) is 0.571. The second-order valence-electron chi connectivity index (χ2n) is 10.4. The number of carbonyl (C=O) groups excluding carboxylic acids is 3. The summed E-state index contributed by atoms with van der Waals surface area (Å²) in [5, 5.41) is 18.5. The van der Waals surface area contributed by atoms with Crippen molar-refractivity contribution in [1.29, 1.82) is 0 Å². The number of nitrogens with two attached hydrogens (primary N) is 3. The molecule has 12 heteroatoms. The van der Waals surface area contributed by atoms with Gasteiger partial charge in [0.1, 0.15) is 18.1 Å². The third-order valence-electron chi connectivity index (χ3n) is 6.84. The molecule has 0 fully saturated rings. The number of H-pyrrole nitrogens is 1. The number of hydrogen-bond acceptors (Lipinski definition) is 7. The van der Waals surface area contributed by atoms with Gasteiger partial charge in [-0.25, -0.2) is 4.79 Å². The van der Waals surface area contributed by atoms with Crippen LogP contribution < -0.4 is 33.2 Å². The van der Waals surface area contributed by atoms with Gasteiger partial charge in [0, 0.05) is 17.1 Å². The summed E-state index contributed by atoms with van der Waals surface area (Å²) in [5.41, 5.74) is 19.3. The molecule has 0 spiro atoms. The van der Waals surface area contributed by atoms with Crippen molar-refractivity contribution in [1.82, 2.24) is 20.9 Å². The van der Waals surface area contributed by atoms with Gasteiger partial charge < -0.3 is 43.2 Å². The average molecular weight is 560 g/mol. The van der Waals surface area contributed by atoms with Gasteiger partial charge in [0.15, 0.2) is 0 Å². The lowest BCUT2D eigenvalue weighted by Crippen LogP contribution is -2.57. The van der Waals surface area contributed by atoms with Crippen molar-refractivity contribution in [2.24, 2.45) is 23.1 Å². The lowest BCUT2D eigenvalue weighted by Gasteiger charge is -2.26. The summed E-state index contributed by atoms with van der Waals surface area (Å²) in [7, 11) is 0. The first-order valence-electron chi connectivity index (χ1n) is 13.9. The average Bonchev–Trinajstić information content (AvgIpc) is 3.32. The molecule has 0 radical (unpaired) electrons. The number of aromatic amines is 1. The van der Waals surface area contributed by atoms with Gasteiger partial charge in [0.2, 0.25) is 17.7 Å². The van der Waals surface area contributed by atoms with E-state index in [0.717, 1.165) is 16.5 Å². The summed E-state index contributed by atoms with van der Waals surface area (Å²) in [5.74, 6) is -3.16. The summed E-state index contributed by atoms with van der Waals surface area (Å²) >= 11 is 0. The van der Waals surface area contributed by atoms with Gasteiger partial charge in [-0.15, -0.1) is 0 Å². The minimum Gasteiger partial charge on any atom is -0.480 e. The molecule has 0 aliphatic rings. The summed E-state index contributed by atoms with van der Waals surface area (Å²) in [6.07, 6.45) is 5.05. The maximum absolute atomic E-state index is 13.4. The highest BCUT2D eigenvalue weighted by Crippen LogP contribution is 2.19. The van der Waals surface area contributed by atoms with Crippen LogP contribution in [0.4, 0.5) is 0 Å². The highest BCUT2D eigenvalue weighted by Gasteiger charge is 2.31. The fourth-order valence-corrected chi connectivity index (χ4v) is 4.47. The molecule has 0 saturated carbocycles. The van der Waals surface area contributed by atoms with Gasteiger partial charge in [0.05, 0.1) is 6.04 Å². The minimum atomic E-state index is -1.16. The van der Waals surface area contributed by atoms with Gasteiger partial charge >= 0.3 is 5.97 Å². The van der Waals surface area contributed by atoms with Crippen molar-refractivity contribution < 1.29 is 24.3 Å². The Kier molecular flexibility index (Phi) is 13.6. The molecule has 1 heterocycles. The van der Waals surface area contributed by atoms with Crippen LogP contribution in [0.5, 0.6) is 0 Å². The first-order chi connectivity index (χ1) is 19.1. The third-order valence-corrected chi connectivity index (χ3v) is 6.84. The van der Waals surface area contributed by atoms with E-state index in [-0.39, 0.29) is 18.8 Å². The number of hydrogen-bond donors (Lipinski definition) is 8. The number of unbranched alkanes of at least 4 members (excludes halogenated alkanes) is 2. The number of nitrogens with one attached hydrogen (secondary N) is 4. The van der Waals surface area contributed by atoms with E-state index in [1.54, 1.807) is 13.8 Å². The number of aliphatic carboxylic acids is 1. The minimum absolute atomic E-state index is 0.267. The molecule has 1 aromatic heterocycles. The molecule has 40 heavy (non-hydrogen) atoms. The number of carboxylic acid groups (broad SMARTS) is 1. The molecular weight excluding hydrogens is 514 g/mol. The molecule has 3 amide bonds. The Morgan fingerprint density at radius 1 is 0.850 bits per heavy atom. The Morgan fingerprint density at radius 3 is 1.95 bits per heavy atom. The molecule has 0 saturated heterocycles. The number of fused-ring (bicyclic) bond motifs is 1.